The lowest BCUT2D eigenvalue weighted by Crippen LogP contribution is -2.49. The van der Waals surface area contributed by atoms with Crippen LogP contribution in [0.25, 0.3) is 0 Å². The molecule has 124 valence electrons. The summed E-state index contributed by atoms with van der Waals surface area (Å²) in [6.45, 7) is 3.82. The lowest BCUT2D eigenvalue weighted by Gasteiger charge is -2.38. The van der Waals surface area contributed by atoms with E-state index in [1.807, 2.05) is 30.3 Å². The van der Waals surface area contributed by atoms with Crippen molar-refractivity contribution in [2.24, 2.45) is 5.92 Å². The molecule has 0 unspecified atom stereocenters. The molecule has 1 saturated heterocycles. The van der Waals surface area contributed by atoms with E-state index in [4.69, 9.17) is 0 Å². The molecule has 5 nitrogen and oxygen atoms in total. The van der Waals surface area contributed by atoms with Crippen molar-refractivity contribution in [2.45, 2.75) is 31.5 Å². The van der Waals surface area contributed by atoms with Crippen LogP contribution in [0.15, 0.2) is 42.7 Å². The monoisotopic (exact) mass is 322 g/mol. The van der Waals surface area contributed by atoms with Gasteiger partial charge in [-0.15, -0.1) is 0 Å². The first-order chi connectivity index (χ1) is 11.8. The molecule has 5 heteroatoms. The number of fused-ring (bicyclic) bond motifs is 3. The summed E-state index contributed by atoms with van der Waals surface area (Å²) in [5.74, 6) is 1.02. The lowest BCUT2D eigenvalue weighted by molar-refractivity contribution is 0.0553. The van der Waals surface area contributed by atoms with Crippen molar-refractivity contribution in [2.75, 3.05) is 19.6 Å². The average molecular weight is 322 g/mol. The van der Waals surface area contributed by atoms with E-state index < -0.39 is 0 Å². The maximum Gasteiger partial charge on any atom is 0.271 e. The van der Waals surface area contributed by atoms with E-state index in [0.29, 0.717) is 12.6 Å². The molecule has 2 fully saturated rings. The highest BCUT2D eigenvalue weighted by Gasteiger charge is 2.45. The van der Waals surface area contributed by atoms with Gasteiger partial charge in [-0.1, -0.05) is 6.07 Å². The van der Waals surface area contributed by atoms with E-state index in [1.165, 1.54) is 19.4 Å². The first-order valence-electron chi connectivity index (χ1n) is 8.89. The van der Waals surface area contributed by atoms with Gasteiger partial charge in [-0.3, -0.25) is 14.7 Å². The number of likely N-dealkylation sites (tertiary alicyclic amines) is 1. The van der Waals surface area contributed by atoms with Crippen LogP contribution in [0, 0.1) is 5.92 Å². The molecule has 0 spiro atoms. The number of aromatic nitrogens is 2. The molecule has 1 aliphatic carbocycles. The molecular weight excluding hydrogens is 300 g/mol. The number of hydrogen-bond acceptors (Lipinski definition) is 3. The average Bonchev–Trinajstić information content (AvgIpc) is 3.10. The Morgan fingerprint density at radius 1 is 1.08 bits per heavy atom. The van der Waals surface area contributed by atoms with Crippen LogP contribution < -0.4 is 0 Å². The molecule has 24 heavy (non-hydrogen) atoms. The van der Waals surface area contributed by atoms with Gasteiger partial charge in [0.05, 0.1) is 24.3 Å². The summed E-state index contributed by atoms with van der Waals surface area (Å²) >= 11 is 0. The molecule has 2 aromatic heterocycles. The summed E-state index contributed by atoms with van der Waals surface area (Å²) in [6.07, 6.45) is 6.62. The second-order valence-corrected chi connectivity index (χ2v) is 7.35. The quantitative estimate of drug-likeness (QED) is 0.866. The minimum absolute atomic E-state index is 0.139. The molecule has 1 amide bonds. The SMILES string of the molecule is O=C1c2cccn2[C@@H]2CN(CC3CC3)C[C@H]2N1Cc1ccccn1. The number of carbonyl (C=O) groups is 1. The van der Waals surface area contributed by atoms with Gasteiger partial charge in [-0.2, -0.15) is 0 Å². The summed E-state index contributed by atoms with van der Waals surface area (Å²) < 4.78 is 2.20. The maximum absolute atomic E-state index is 13.0. The summed E-state index contributed by atoms with van der Waals surface area (Å²) in [7, 11) is 0. The number of hydrogen-bond donors (Lipinski definition) is 0. The zero-order valence-electron chi connectivity index (χ0n) is 13.7. The van der Waals surface area contributed by atoms with Gasteiger partial charge in [0.15, 0.2) is 0 Å². The van der Waals surface area contributed by atoms with Crippen molar-refractivity contribution in [1.29, 1.82) is 0 Å². The van der Waals surface area contributed by atoms with E-state index in [-0.39, 0.29) is 11.9 Å². The normalized spacial score (nSPS) is 26.5. The Morgan fingerprint density at radius 3 is 2.75 bits per heavy atom. The Morgan fingerprint density at radius 2 is 1.96 bits per heavy atom. The third kappa shape index (κ3) is 2.35. The van der Waals surface area contributed by atoms with Crippen LogP contribution in [0.2, 0.25) is 0 Å². The summed E-state index contributed by atoms with van der Waals surface area (Å²) in [5, 5.41) is 0. The van der Waals surface area contributed by atoms with Gasteiger partial charge >= 0.3 is 0 Å². The Labute approximate surface area is 141 Å². The number of pyridine rings is 1. The van der Waals surface area contributed by atoms with Gasteiger partial charge < -0.3 is 9.47 Å². The Hall–Kier alpha value is -2.14. The molecule has 2 aliphatic heterocycles. The van der Waals surface area contributed by atoms with Crippen molar-refractivity contribution in [3.63, 3.8) is 0 Å². The fraction of sp³-hybridized carbons (Fsp3) is 0.474. The molecular formula is C19H22N4O. The van der Waals surface area contributed by atoms with Crippen LogP contribution >= 0.6 is 0 Å². The third-order valence-corrected chi connectivity index (χ3v) is 5.62. The predicted molar refractivity (Wildman–Crippen MR) is 90.5 cm³/mol. The molecule has 2 aromatic rings. The highest BCUT2D eigenvalue weighted by Crippen LogP contribution is 2.37. The molecule has 0 bridgehead atoms. The van der Waals surface area contributed by atoms with Crippen molar-refractivity contribution in [3.8, 4) is 0 Å². The lowest BCUT2D eigenvalue weighted by atomic mass is 10.1. The van der Waals surface area contributed by atoms with Crippen molar-refractivity contribution < 1.29 is 4.79 Å². The molecule has 0 N–H and O–H groups in total. The van der Waals surface area contributed by atoms with Gasteiger partial charge in [0, 0.05) is 32.0 Å². The van der Waals surface area contributed by atoms with Crippen LogP contribution in [-0.2, 0) is 6.54 Å². The van der Waals surface area contributed by atoms with Crippen molar-refractivity contribution >= 4 is 5.91 Å². The van der Waals surface area contributed by atoms with Crippen LogP contribution in [0.3, 0.4) is 0 Å². The van der Waals surface area contributed by atoms with E-state index in [2.05, 4.69) is 25.5 Å². The highest BCUT2D eigenvalue weighted by atomic mass is 16.2. The second-order valence-electron chi connectivity index (χ2n) is 7.35. The van der Waals surface area contributed by atoms with Gasteiger partial charge in [0.25, 0.3) is 5.91 Å². The summed E-state index contributed by atoms with van der Waals surface area (Å²) in [4.78, 5) is 22.1. The Balaban J connectivity index is 1.46. The Bertz CT molecular complexity index is 752. The largest absolute Gasteiger partial charge is 0.337 e. The van der Waals surface area contributed by atoms with Crippen LogP contribution in [0.4, 0.5) is 0 Å². The minimum Gasteiger partial charge on any atom is -0.337 e. The van der Waals surface area contributed by atoms with Gasteiger partial charge in [-0.05, 0) is 43.0 Å². The number of carbonyl (C=O) groups excluding carboxylic acids is 1. The molecule has 0 aromatic carbocycles. The van der Waals surface area contributed by atoms with Crippen molar-refractivity contribution in [3.05, 3.63) is 54.1 Å². The topological polar surface area (TPSA) is 41.4 Å². The maximum atomic E-state index is 13.0. The molecule has 2 atom stereocenters. The van der Waals surface area contributed by atoms with E-state index >= 15 is 0 Å². The van der Waals surface area contributed by atoms with Crippen LogP contribution in [-0.4, -0.2) is 50.9 Å². The number of amides is 1. The number of rotatable bonds is 4. The van der Waals surface area contributed by atoms with Crippen molar-refractivity contribution in [1.82, 2.24) is 19.4 Å². The standard InChI is InChI=1S/C19H22N4O/c24-19-16-5-3-9-22(16)17-12-21(10-14-6-7-14)13-18(17)23(19)11-15-4-1-2-8-20-15/h1-5,8-9,14,17-18H,6-7,10-13H2/t17-,18-/m1/s1. The third-order valence-electron chi connectivity index (χ3n) is 5.62. The van der Waals surface area contributed by atoms with E-state index in [1.54, 1.807) is 6.20 Å². The highest BCUT2D eigenvalue weighted by molar-refractivity contribution is 5.94. The molecule has 0 radical (unpaired) electrons. The smallest absolute Gasteiger partial charge is 0.271 e. The van der Waals surface area contributed by atoms with Gasteiger partial charge in [-0.25, -0.2) is 0 Å². The number of nitrogens with zero attached hydrogens (tertiary/aromatic N) is 4. The summed E-state index contributed by atoms with van der Waals surface area (Å²) in [6, 6.07) is 10.5. The minimum atomic E-state index is 0.139. The van der Waals surface area contributed by atoms with Crippen LogP contribution in [0.5, 0.6) is 0 Å². The zero-order chi connectivity index (χ0) is 16.1. The van der Waals surface area contributed by atoms with Crippen LogP contribution in [0.1, 0.15) is 35.1 Å². The zero-order valence-corrected chi connectivity index (χ0v) is 13.7. The first-order valence-corrected chi connectivity index (χ1v) is 8.89. The van der Waals surface area contributed by atoms with Gasteiger partial charge in [0.1, 0.15) is 5.69 Å². The second kappa shape index (κ2) is 5.45. The molecule has 3 aliphatic rings. The molecule has 4 heterocycles. The summed E-state index contributed by atoms with van der Waals surface area (Å²) in [5.41, 5.74) is 1.78. The fourth-order valence-electron chi connectivity index (χ4n) is 4.26. The molecule has 1 saturated carbocycles. The van der Waals surface area contributed by atoms with Gasteiger partial charge in [0.2, 0.25) is 0 Å². The first kappa shape index (κ1) is 14.2. The Kier molecular flexibility index (Phi) is 3.23. The van der Waals surface area contributed by atoms with E-state index in [9.17, 15) is 4.79 Å². The van der Waals surface area contributed by atoms with E-state index in [0.717, 1.165) is 30.4 Å². The predicted octanol–water partition coefficient (Wildman–Crippen LogP) is 2.17. The fourth-order valence-corrected chi connectivity index (χ4v) is 4.26. The molecule has 5 rings (SSSR count).